The van der Waals surface area contributed by atoms with Crippen LogP contribution in [-0.2, 0) is 9.59 Å². The standard InChI is InChI=1S/C16H29NO3/c1-14(2,3)11(12(18)15(4,5)6)17-13(19)16(20)9-7-8-10-16/h11,20H,7-10H2,1-6H3,(H,17,19). The molecule has 4 heteroatoms. The van der Waals surface area contributed by atoms with E-state index in [2.05, 4.69) is 5.32 Å². The lowest BCUT2D eigenvalue weighted by Crippen LogP contribution is -2.57. The van der Waals surface area contributed by atoms with Gasteiger partial charge >= 0.3 is 0 Å². The zero-order chi connectivity index (χ0) is 15.8. The largest absolute Gasteiger partial charge is 0.380 e. The molecule has 0 aromatic carbocycles. The van der Waals surface area contributed by atoms with Gasteiger partial charge in [-0.3, -0.25) is 9.59 Å². The van der Waals surface area contributed by atoms with Crippen LogP contribution in [0.2, 0.25) is 0 Å². The first-order valence-electron chi connectivity index (χ1n) is 7.45. The van der Waals surface area contributed by atoms with Gasteiger partial charge in [0, 0.05) is 5.41 Å². The van der Waals surface area contributed by atoms with Gasteiger partial charge in [-0.1, -0.05) is 41.5 Å². The fourth-order valence-electron chi connectivity index (χ4n) is 2.56. The summed E-state index contributed by atoms with van der Waals surface area (Å²) in [6, 6.07) is -0.584. The van der Waals surface area contributed by atoms with Gasteiger partial charge in [0.25, 0.3) is 5.91 Å². The molecule has 4 nitrogen and oxygen atoms in total. The number of rotatable bonds is 3. The highest BCUT2D eigenvalue weighted by Gasteiger charge is 2.44. The number of amides is 1. The monoisotopic (exact) mass is 283 g/mol. The van der Waals surface area contributed by atoms with Gasteiger partial charge in [-0.2, -0.15) is 0 Å². The summed E-state index contributed by atoms with van der Waals surface area (Å²) in [5, 5.41) is 13.1. The zero-order valence-electron chi connectivity index (χ0n) is 13.7. The van der Waals surface area contributed by atoms with Crippen LogP contribution in [0.5, 0.6) is 0 Å². The summed E-state index contributed by atoms with van der Waals surface area (Å²) in [7, 11) is 0. The summed E-state index contributed by atoms with van der Waals surface area (Å²) in [5.74, 6) is -0.396. The maximum Gasteiger partial charge on any atom is 0.252 e. The molecule has 0 bridgehead atoms. The van der Waals surface area contributed by atoms with Gasteiger partial charge in [0.05, 0.1) is 6.04 Å². The van der Waals surface area contributed by atoms with Gasteiger partial charge in [0.15, 0.2) is 5.78 Å². The molecular weight excluding hydrogens is 254 g/mol. The van der Waals surface area contributed by atoms with Gasteiger partial charge < -0.3 is 10.4 Å². The van der Waals surface area contributed by atoms with Crippen molar-refractivity contribution in [3.8, 4) is 0 Å². The van der Waals surface area contributed by atoms with Crippen LogP contribution in [0.4, 0.5) is 0 Å². The highest BCUT2D eigenvalue weighted by atomic mass is 16.3. The van der Waals surface area contributed by atoms with E-state index in [4.69, 9.17) is 0 Å². The van der Waals surface area contributed by atoms with E-state index >= 15 is 0 Å². The van der Waals surface area contributed by atoms with Crippen molar-refractivity contribution in [2.45, 2.75) is 78.9 Å². The van der Waals surface area contributed by atoms with E-state index < -0.39 is 23.0 Å². The lowest BCUT2D eigenvalue weighted by atomic mass is 9.75. The number of hydrogen-bond acceptors (Lipinski definition) is 3. The van der Waals surface area contributed by atoms with E-state index in [1.807, 2.05) is 41.5 Å². The molecule has 1 atom stereocenters. The van der Waals surface area contributed by atoms with Crippen molar-refractivity contribution in [1.82, 2.24) is 5.32 Å². The maximum atomic E-state index is 12.6. The lowest BCUT2D eigenvalue weighted by Gasteiger charge is -2.36. The maximum absolute atomic E-state index is 12.6. The highest BCUT2D eigenvalue weighted by molar-refractivity contribution is 5.95. The summed E-state index contributed by atoms with van der Waals surface area (Å²) in [5.41, 5.74) is -2.19. The first-order valence-corrected chi connectivity index (χ1v) is 7.45. The van der Waals surface area contributed by atoms with E-state index in [1.165, 1.54) is 0 Å². The first-order chi connectivity index (χ1) is 8.88. The Bertz CT molecular complexity index is 382. The summed E-state index contributed by atoms with van der Waals surface area (Å²) >= 11 is 0. The topological polar surface area (TPSA) is 66.4 Å². The molecule has 1 amide bonds. The van der Waals surface area contributed by atoms with Gasteiger partial charge in [-0.25, -0.2) is 0 Å². The number of Topliss-reactive ketones (excluding diaryl/α,β-unsaturated/α-hetero) is 1. The molecule has 116 valence electrons. The van der Waals surface area contributed by atoms with Crippen molar-refractivity contribution < 1.29 is 14.7 Å². The van der Waals surface area contributed by atoms with Crippen molar-refractivity contribution in [3.63, 3.8) is 0 Å². The minimum atomic E-state index is -1.29. The molecular formula is C16H29NO3. The molecule has 1 aliphatic carbocycles. The molecule has 1 fully saturated rings. The van der Waals surface area contributed by atoms with Crippen molar-refractivity contribution in [2.75, 3.05) is 0 Å². The number of carbonyl (C=O) groups is 2. The molecule has 1 unspecified atom stereocenters. The van der Waals surface area contributed by atoms with Crippen molar-refractivity contribution in [3.05, 3.63) is 0 Å². The van der Waals surface area contributed by atoms with Gasteiger partial charge in [0.2, 0.25) is 0 Å². The SMILES string of the molecule is CC(C)(C)C(=O)C(NC(=O)C1(O)CCCC1)C(C)(C)C. The van der Waals surface area contributed by atoms with Gasteiger partial charge in [-0.15, -0.1) is 0 Å². The van der Waals surface area contributed by atoms with Gasteiger partial charge in [-0.05, 0) is 31.1 Å². The molecule has 0 aliphatic heterocycles. The Morgan fingerprint density at radius 2 is 1.50 bits per heavy atom. The number of aliphatic hydroxyl groups is 1. The van der Waals surface area contributed by atoms with E-state index in [9.17, 15) is 14.7 Å². The third-order valence-corrected chi connectivity index (χ3v) is 4.00. The predicted octanol–water partition coefficient (Wildman–Crippen LogP) is 2.44. The Morgan fingerprint density at radius 1 is 1.05 bits per heavy atom. The van der Waals surface area contributed by atoms with Crippen LogP contribution in [-0.4, -0.2) is 28.4 Å². The minimum absolute atomic E-state index is 0.0000491. The number of carbonyl (C=O) groups excluding carboxylic acids is 2. The number of hydrogen-bond donors (Lipinski definition) is 2. The molecule has 20 heavy (non-hydrogen) atoms. The Balaban J connectivity index is 2.92. The molecule has 0 saturated heterocycles. The van der Waals surface area contributed by atoms with E-state index in [-0.39, 0.29) is 11.2 Å². The Morgan fingerprint density at radius 3 is 1.85 bits per heavy atom. The van der Waals surface area contributed by atoms with Gasteiger partial charge in [0.1, 0.15) is 5.60 Å². The van der Waals surface area contributed by atoms with Crippen LogP contribution in [0.15, 0.2) is 0 Å². The second kappa shape index (κ2) is 5.47. The molecule has 0 spiro atoms. The van der Waals surface area contributed by atoms with Crippen LogP contribution in [0, 0.1) is 10.8 Å². The smallest absolute Gasteiger partial charge is 0.252 e. The van der Waals surface area contributed by atoms with E-state index in [1.54, 1.807) is 0 Å². The molecule has 2 N–H and O–H groups in total. The summed E-state index contributed by atoms with van der Waals surface area (Å²) in [6.45, 7) is 11.3. The molecule has 0 radical (unpaired) electrons. The van der Waals surface area contributed by atoms with Crippen LogP contribution < -0.4 is 5.32 Å². The summed E-state index contributed by atoms with van der Waals surface area (Å²) in [4.78, 5) is 24.9. The Labute approximate surface area is 122 Å². The average Bonchev–Trinajstić information content (AvgIpc) is 2.70. The Hall–Kier alpha value is -0.900. The summed E-state index contributed by atoms with van der Waals surface area (Å²) in [6.07, 6.45) is 2.69. The summed E-state index contributed by atoms with van der Waals surface area (Å²) < 4.78 is 0. The second-order valence-electron chi connectivity index (χ2n) is 8.13. The molecule has 0 aromatic rings. The predicted molar refractivity (Wildman–Crippen MR) is 79.3 cm³/mol. The van der Waals surface area contributed by atoms with Crippen LogP contribution >= 0.6 is 0 Å². The number of nitrogens with one attached hydrogen (secondary N) is 1. The third-order valence-electron chi connectivity index (χ3n) is 4.00. The third kappa shape index (κ3) is 3.81. The van der Waals surface area contributed by atoms with E-state index in [0.717, 1.165) is 12.8 Å². The molecule has 1 rings (SSSR count). The molecule has 1 aliphatic rings. The second-order valence-corrected chi connectivity index (χ2v) is 8.13. The zero-order valence-corrected chi connectivity index (χ0v) is 13.7. The first kappa shape index (κ1) is 17.2. The van der Waals surface area contributed by atoms with Crippen LogP contribution in [0.3, 0.4) is 0 Å². The fourth-order valence-corrected chi connectivity index (χ4v) is 2.56. The minimum Gasteiger partial charge on any atom is -0.380 e. The normalized spacial score (nSPS) is 20.6. The fraction of sp³-hybridized carbons (Fsp3) is 0.875. The van der Waals surface area contributed by atoms with Crippen molar-refractivity contribution in [2.24, 2.45) is 10.8 Å². The molecule has 0 aromatic heterocycles. The highest BCUT2D eigenvalue weighted by Crippen LogP contribution is 2.32. The molecule has 1 saturated carbocycles. The van der Waals surface area contributed by atoms with Crippen molar-refractivity contribution >= 4 is 11.7 Å². The number of ketones is 1. The van der Waals surface area contributed by atoms with Crippen LogP contribution in [0.1, 0.15) is 67.2 Å². The lowest BCUT2D eigenvalue weighted by molar-refractivity contribution is -0.145. The molecule has 0 heterocycles. The quantitative estimate of drug-likeness (QED) is 0.836. The van der Waals surface area contributed by atoms with Crippen LogP contribution in [0.25, 0.3) is 0 Å². The average molecular weight is 283 g/mol. The Kier molecular flexibility index (Phi) is 4.69. The van der Waals surface area contributed by atoms with E-state index in [0.29, 0.717) is 12.8 Å². The van der Waals surface area contributed by atoms with Crippen molar-refractivity contribution in [1.29, 1.82) is 0 Å².